The molecule has 0 spiro atoms. The first-order valence-corrected chi connectivity index (χ1v) is 8.94. The summed E-state index contributed by atoms with van der Waals surface area (Å²) in [4.78, 5) is 12.3. The SMILES string of the molecule is Cc1ccc(C(=O)Nc2ccc(Cl)c(C[S@](C)=O)c2)cc1C. The van der Waals surface area contributed by atoms with Crippen molar-refractivity contribution in [3.63, 3.8) is 0 Å². The number of amides is 1. The smallest absolute Gasteiger partial charge is 0.255 e. The fraction of sp³-hybridized carbons (Fsp3) is 0.235. The molecule has 5 heteroatoms. The lowest BCUT2D eigenvalue weighted by Gasteiger charge is -2.10. The molecule has 0 aromatic heterocycles. The summed E-state index contributed by atoms with van der Waals surface area (Å²) in [6.45, 7) is 3.98. The summed E-state index contributed by atoms with van der Waals surface area (Å²) >= 11 is 6.08. The van der Waals surface area contributed by atoms with Crippen LogP contribution in [0.25, 0.3) is 0 Å². The van der Waals surface area contributed by atoms with Gasteiger partial charge in [0.05, 0.1) is 0 Å². The molecule has 0 unspecified atom stereocenters. The summed E-state index contributed by atoms with van der Waals surface area (Å²) in [7, 11) is -0.987. The third-order valence-electron chi connectivity index (χ3n) is 3.43. The maximum Gasteiger partial charge on any atom is 0.255 e. The van der Waals surface area contributed by atoms with Gasteiger partial charge in [0.15, 0.2) is 0 Å². The molecule has 0 heterocycles. The molecule has 0 aliphatic heterocycles. The second-order valence-corrected chi connectivity index (χ2v) is 7.12. The van der Waals surface area contributed by atoms with Crippen LogP contribution < -0.4 is 5.32 Å². The molecule has 2 rings (SSSR count). The standard InChI is InChI=1S/C17H18ClNO2S/c1-11-4-5-13(8-12(11)2)17(20)19-15-6-7-16(18)14(9-15)10-22(3)21/h4-9H,10H2,1-3H3,(H,19,20)/t22-/m0/s1. The summed E-state index contributed by atoms with van der Waals surface area (Å²) in [6.07, 6.45) is 1.62. The second-order valence-electron chi connectivity index (χ2n) is 5.28. The van der Waals surface area contributed by atoms with Gasteiger partial charge in [0.1, 0.15) is 0 Å². The molecule has 0 aliphatic rings. The fourth-order valence-corrected chi connectivity index (χ4v) is 3.01. The van der Waals surface area contributed by atoms with E-state index in [4.69, 9.17) is 11.6 Å². The van der Waals surface area contributed by atoms with Crippen molar-refractivity contribution in [3.05, 3.63) is 63.7 Å². The van der Waals surface area contributed by atoms with Gasteiger partial charge in [-0.1, -0.05) is 17.7 Å². The molecule has 0 bridgehead atoms. The van der Waals surface area contributed by atoms with E-state index < -0.39 is 10.8 Å². The Morgan fingerprint density at radius 1 is 1.14 bits per heavy atom. The quantitative estimate of drug-likeness (QED) is 0.914. The number of benzene rings is 2. The largest absolute Gasteiger partial charge is 0.322 e. The average Bonchev–Trinajstić information content (AvgIpc) is 2.45. The third-order valence-corrected chi connectivity index (χ3v) is 4.52. The highest BCUT2D eigenvalue weighted by Crippen LogP contribution is 2.22. The molecule has 116 valence electrons. The number of rotatable bonds is 4. The fourth-order valence-electron chi connectivity index (χ4n) is 2.07. The molecule has 1 amide bonds. The first-order valence-electron chi connectivity index (χ1n) is 6.84. The van der Waals surface area contributed by atoms with Crippen molar-refractivity contribution >= 4 is 34.0 Å². The molecule has 0 radical (unpaired) electrons. The van der Waals surface area contributed by atoms with Gasteiger partial charge in [-0.25, -0.2) is 0 Å². The van der Waals surface area contributed by atoms with E-state index in [1.54, 1.807) is 30.5 Å². The van der Waals surface area contributed by atoms with E-state index in [0.29, 0.717) is 22.0 Å². The molecular formula is C17H18ClNO2S. The Bertz CT molecular complexity index is 743. The maximum atomic E-state index is 12.3. The molecular weight excluding hydrogens is 318 g/mol. The van der Waals surface area contributed by atoms with Gasteiger partial charge in [-0.3, -0.25) is 9.00 Å². The maximum absolute atomic E-state index is 12.3. The van der Waals surface area contributed by atoms with Gasteiger partial charge in [0.2, 0.25) is 0 Å². The first-order chi connectivity index (χ1) is 10.4. The van der Waals surface area contributed by atoms with Crippen LogP contribution in [0.1, 0.15) is 27.0 Å². The van der Waals surface area contributed by atoms with E-state index in [0.717, 1.165) is 16.7 Å². The van der Waals surface area contributed by atoms with Crippen LogP contribution in [0.5, 0.6) is 0 Å². The average molecular weight is 336 g/mol. The van der Waals surface area contributed by atoms with Crippen molar-refractivity contribution in [3.8, 4) is 0 Å². The van der Waals surface area contributed by atoms with Crippen LogP contribution in [0.4, 0.5) is 5.69 Å². The van der Waals surface area contributed by atoms with Crippen molar-refractivity contribution in [1.29, 1.82) is 0 Å². The Morgan fingerprint density at radius 2 is 1.86 bits per heavy atom. The third kappa shape index (κ3) is 4.18. The van der Waals surface area contributed by atoms with Crippen molar-refractivity contribution < 1.29 is 9.00 Å². The van der Waals surface area contributed by atoms with Gasteiger partial charge in [0.25, 0.3) is 5.91 Å². The van der Waals surface area contributed by atoms with E-state index in [1.807, 2.05) is 26.0 Å². The summed E-state index contributed by atoms with van der Waals surface area (Å²) in [5, 5.41) is 3.40. The van der Waals surface area contributed by atoms with Crippen LogP contribution >= 0.6 is 11.6 Å². The highest BCUT2D eigenvalue weighted by Gasteiger charge is 2.09. The van der Waals surface area contributed by atoms with Crippen LogP contribution in [0.2, 0.25) is 5.02 Å². The van der Waals surface area contributed by atoms with Gasteiger partial charge in [-0.2, -0.15) is 0 Å². The zero-order valence-corrected chi connectivity index (χ0v) is 14.3. The Balaban J connectivity index is 2.21. The van der Waals surface area contributed by atoms with Crippen LogP contribution in [0, 0.1) is 13.8 Å². The van der Waals surface area contributed by atoms with E-state index >= 15 is 0 Å². The molecule has 3 nitrogen and oxygen atoms in total. The number of halogens is 1. The number of aryl methyl sites for hydroxylation is 2. The molecule has 0 saturated heterocycles. The zero-order valence-electron chi connectivity index (χ0n) is 12.8. The van der Waals surface area contributed by atoms with E-state index in [2.05, 4.69) is 5.32 Å². The molecule has 2 aromatic carbocycles. The number of carbonyl (C=O) groups is 1. The predicted octanol–water partition coefficient (Wildman–Crippen LogP) is 4.09. The number of hydrogen-bond acceptors (Lipinski definition) is 2. The summed E-state index contributed by atoms with van der Waals surface area (Å²) < 4.78 is 11.4. The van der Waals surface area contributed by atoms with Crippen molar-refractivity contribution in [2.75, 3.05) is 11.6 Å². The van der Waals surface area contributed by atoms with Crippen molar-refractivity contribution in [1.82, 2.24) is 0 Å². The number of anilines is 1. The Labute approximate surface area is 138 Å². The molecule has 0 fully saturated rings. The van der Waals surface area contributed by atoms with E-state index in [1.165, 1.54) is 0 Å². The first kappa shape index (κ1) is 16.7. The van der Waals surface area contributed by atoms with Crippen molar-refractivity contribution in [2.45, 2.75) is 19.6 Å². The topological polar surface area (TPSA) is 46.2 Å². The Hall–Kier alpha value is -1.65. The van der Waals surface area contributed by atoms with E-state index in [-0.39, 0.29) is 5.91 Å². The molecule has 22 heavy (non-hydrogen) atoms. The van der Waals surface area contributed by atoms with E-state index in [9.17, 15) is 9.00 Å². The molecule has 0 saturated carbocycles. The molecule has 2 aromatic rings. The van der Waals surface area contributed by atoms with Gasteiger partial charge < -0.3 is 5.32 Å². The minimum absolute atomic E-state index is 0.172. The summed E-state index contributed by atoms with van der Waals surface area (Å²) in [5.41, 5.74) is 4.24. The van der Waals surface area contributed by atoms with Crippen LogP contribution in [0.3, 0.4) is 0 Å². The lowest BCUT2D eigenvalue weighted by molar-refractivity contribution is 0.102. The van der Waals surface area contributed by atoms with Crippen LogP contribution in [0.15, 0.2) is 36.4 Å². The summed E-state index contributed by atoms with van der Waals surface area (Å²) in [5.74, 6) is 0.195. The van der Waals surface area contributed by atoms with Crippen LogP contribution in [-0.4, -0.2) is 16.4 Å². The van der Waals surface area contributed by atoms with Gasteiger partial charge in [-0.15, -0.1) is 0 Å². The molecule has 1 atom stereocenters. The predicted molar refractivity (Wildman–Crippen MR) is 93.1 cm³/mol. The highest BCUT2D eigenvalue weighted by molar-refractivity contribution is 7.83. The minimum atomic E-state index is -0.987. The highest BCUT2D eigenvalue weighted by atomic mass is 35.5. The normalized spacial score (nSPS) is 12.0. The lowest BCUT2D eigenvalue weighted by atomic mass is 10.1. The van der Waals surface area contributed by atoms with Crippen LogP contribution in [-0.2, 0) is 16.6 Å². The Morgan fingerprint density at radius 3 is 2.50 bits per heavy atom. The molecule has 1 N–H and O–H groups in total. The van der Waals surface area contributed by atoms with Gasteiger partial charge in [-0.05, 0) is 60.9 Å². The van der Waals surface area contributed by atoms with Gasteiger partial charge in [0, 0.05) is 39.1 Å². The zero-order chi connectivity index (χ0) is 16.3. The number of nitrogens with one attached hydrogen (secondary N) is 1. The molecule has 0 aliphatic carbocycles. The minimum Gasteiger partial charge on any atom is -0.322 e. The second kappa shape index (κ2) is 7.07. The van der Waals surface area contributed by atoms with Crippen molar-refractivity contribution in [2.24, 2.45) is 0 Å². The lowest BCUT2D eigenvalue weighted by Crippen LogP contribution is -2.12. The number of carbonyl (C=O) groups excluding carboxylic acids is 1. The summed E-state index contributed by atoms with van der Waals surface area (Å²) in [6, 6.07) is 10.8. The number of hydrogen-bond donors (Lipinski definition) is 1. The van der Waals surface area contributed by atoms with Gasteiger partial charge >= 0.3 is 0 Å². The monoisotopic (exact) mass is 335 g/mol. The Kier molecular flexibility index (Phi) is 5.37.